The summed E-state index contributed by atoms with van der Waals surface area (Å²) in [6.45, 7) is 0.456. The highest BCUT2D eigenvalue weighted by Crippen LogP contribution is 2.35. The van der Waals surface area contributed by atoms with E-state index in [0.717, 1.165) is 17.1 Å². The lowest BCUT2D eigenvalue weighted by molar-refractivity contribution is -0.119. The lowest BCUT2D eigenvalue weighted by Gasteiger charge is -2.21. The first-order chi connectivity index (χ1) is 14.2. The maximum absolute atomic E-state index is 12.9. The SMILES string of the molecule is O=C(CN(C(=O)c1csnn1)c1ccc2c(c1)OCO2)NCCc1ccccc1. The average molecular weight is 410 g/mol. The van der Waals surface area contributed by atoms with Gasteiger partial charge in [0.2, 0.25) is 12.7 Å². The fourth-order valence-electron chi connectivity index (χ4n) is 2.92. The second kappa shape index (κ2) is 8.70. The summed E-state index contributed by atoms with van der Waals surface area (Å²) in [6.07, 6.45) is 0.709. The number of carbonyl (C=O) groups excluding carboxylic acids is 2. The third-order valence-electron chi connectivity index (χ3n) is 4.37. The molecule has 3 aromatic rings. The van der Waals surface area contributed by atoms with Crippen LogP contribution in [0.1, 0.15) is 16.1 Å². The Labute approximate surface area is 171 Å². The molecule has 0 aliphatic carbocycles. The van der Waals surface area contributed by atoms with Gasteiger partial charge >= 0.3 is 0 Å². The standard InChI is InChI=1S/C20H18N4O4S/c25-19(21-9-8-14-4-2-1-3-5-14)11-24(20(26)16-12-29-23-22-16)15-6-7-17-18(10-15)28-13-27-17/h1-7,10,12H,8-9,11,13H2,(H,21,25). The quantitative estimate of drug-likeness (QED) is 0.642. The zero-order chi connectivity index (χ0) is 20.1. The van der Waals surface area contributed by atoms with Crippen molar-refractivity contribution < 1.29 is 19.1 Å². The van der Waals surface area contributed by atoms with Gasteiger partial charge in [0.1, 0.15) is 6.54 Å². The van der Waals surface area contributed by atoms with Crippen molar-refractivity contribution >= 4 is 29.0 Å². The number of amides is 2. The summed E-state index contributed by atoms with van der Waals surface area (Å²) in [5.41, 5.74) is 1.83. The van der Waals surface area contributed by atoms with Crippen LogP contribution in [0.4, 0.5) is 5.69 Å². The normalized spacial score (nSPS) is 11.9. The van der Waals surface area contributed by atoms with Gasteiger partial charge < -0.3 is 14.8 Å². The van der Waals surface area contributed by atoms with E-state index in [1.807, 2.05) is 30.3 Å². The van der Waals surface area contributed by atoms with Gasteiger partial charge in [0, 0.05) is 23.7 Å². The van der Waals surface area contributed by atoms with Crippen LogP contribution < -0.4 is 19.7 Å². The van der Waals surface area contributed by atoms with E-state index in [1.165, 1.54) is 4.90 Å². The number of rotatable bonds is 7. The van der Waals surface area contributed by atoms with Crippen LogP contribution in [0, 0.1) is 0 Å². The number of hydrogen-bond acceptors (Lipinski definition) is 7. The number of fused-ring (bicyclic) bond motifs is 1. The minimum Gasteiger partial charge on any atom is -0.454 e. The molecule has 4 rings (SSSR count). The van der Waals surface area contributed by atoms with Gasteiger partial charge in [-0.15, -0.1) is 5.10 Å². The Morgan fingerprint density at radius 3 is 2.72 bits per heavy atom. The summed E-state index contributed by atoms with van der Waals surface area (Å²) in [5, 5.41) is 8.25. The number of nitrogens with one attached hydrogen (secondary N) is 1. The van der Waals surface area contributed by atoms with E-state index in [4.69, 9.17) is 9.47 Å². The smallest absolute Gasteiger partial charge is 0.280 e. The first-order valence-electron chi connectivity index (χ1n) is 9.00. The van der Waals surface area contributed by atoms with Gasteiger partial charge in [0.05, 0.1) is 0 Å². The largest absolute Gasteiger partial charge is 0.454 e. The molecule has 0 spiro atoms. The summed E-state index contributed by atoms with van der Waals surface area (Å²) in [5.74, 6) is 0.455. The van der Waals surface area contributed by atoms with E-state index >= 15 is 0 Å². The topological polar surface area (TPSA) is 93.7 Å². The molecule has 1 N–H and O–H groups in total. The zero-order valence-electron chi connectivity index (χ0n) is 15.4. The fourth-order valence-corrected chi connectivity index (χ4v) is 3.35. The Kier molecular flexibility index (Phi) is 5.66. The van der Waals surface area contributed by atoms with Crippen molar-refractivity contribution in [3.8, 4) is 11.5 Å². The summed E-state index contributed by atoms with van der Waals surface area (Å²) in [6, 6.07) is 15.0. The highest BCUT2D eigenvalue weighted by molar-refractivity contribution is 7.03. The maximum atomic E-state index is 12.9. The minimum atomic E-state index is -0.407. The second-order valence-electron chi connectivity index (χ2n) is 6.30. The number of aromatic nitrogens is 2. The van der Waals surface area contributed by atoms with Crippen LogP contribution in [-0.4, -0.2) is 41.3 Å². The van der Waals surface area contributed by atoms with Gasteiger partial charge in [-0.05, 0) is 35.6 Å². The Bertz CT molecular complexity index is 995. The molecular formula is C20H18N4O4S. The average Bonchev–Trinajstić information content (AvgIpc) is 3.43. The highest BCUT2D eigenvalue weighted by Gasteiger charge is 2.25. The molecule has 0 radical (unpaired) electrons. The van der Waals surface area contributed by atoms with Crippen LogP contribution in [0.2, 0.25) is 0 Å². The first kappa shape index (κ1) is 18.9. The number of nitrogens with zero attached hydrogens (tertiary/aromatic N) is 3. The number of carbonyl (C=O) groups is 2. The van der Waals surface area contributed by atoms with Crippen LogP contribution in [-0.2, 0) is 11.2 Å². The molecule has 2 aromatic carbocycles. The van der Waals surface area contributed by atoms with Gasteiger partial charge in [0.25, 0.3) is 5.91 Å². The molecule has 1 aromatic heterocycles. The molecule has 29 heavy (non-hydrogen) atoms. The molecule has 0 atom stereocenters. The maximum Gasteiger partial charge on any atom is 0.280 e. The lowest BCUT2D eigenvalue weighted by Crippen LogP contribution is -2.41. The Morgan fingerprint density at radius 2 is 1.93 bits per heavy atom. The van der Waals surface area contributed by atoms with E-state index in [1.54, 1.807) is 23.6 Å². The van der Waals surface area contributed by atoms with Gasteiger partial charge in [-0.3, -0.25) is 14.5 Å². The van der Waals surface area contributed by atoms with E-state index in [2.05, 4.69) is 14.9 Å². The molecule has 0 fully saturated rings. The first-order valence-corrected chi connectivity index (χ1v) is 9.83. The van der Waals surface area contributed by atoms with Gasteiger partial charge in [0.15, 0.2) is 17.2 Å². The molecular weight excluding hydrogens is 392 g/mol. The number of hydrogen-bond donors (Lipinski definition) is 1. The van der Waals surface area contributed by atoms with E-state index < -0.39 is 5.91 Å². The van der Waals surface area contributed by atoms with Crippen molar-refractivity contribution in [2.24, 2.45) is 0 Å². The van der Waals surface area contributed by atoms with Gasteiger partial charge in [-0.2, -0.15) is 0 Å². The highest BCUT2D eigenvalue weighted by atomic mass is 32.1. The van der Waals surface area contributed by atoms with E-state index in [-0.39, 0.29) is 24.9 Å². The van der Waals surface area contributed by atoms with E-state index in [9.17, 15) is 9.59 Å². The third-order valence-corrected chi connectivity index (χ3v) is 4.88. The predicted octanol–water partition coefficient (Wildman–Crippen LogP) is 2.27. The third kappa shape index (κ3) is 4.52. The van der Waals surface area contributed by atoms with Crippen LogP contribution in [0.3, 0.4) is 0 Å². The molecule has 1 aliphatic heterocycles. The van der Waals surface area contributed by atoms with Crippen LogP contribution in [0.25, 0.3) is 0 Å². The summed E-state index contributed by atoms with van der Waals surface area (Å²) in [4.78, 5) is 26.8. The summed E-state index contributed by atoms with van der Waals surface area (Å²) >= 11 is 1.08. The van der Waals surface area contributed by atoms with Crippen molar-refractivity contribution in [2.75, 3.05) is 24.8 Å². The number of anilines is 1. The van der Waals surface area contributed by atoms with Crippen molar-refractivity contribution in [2.45, 2.75) is 6.42 Å². The Hall–Kier alpha value is -3.46. The monoisotopic (exact) mass is 410 g/mol. The molecule has 148 valence electrons. The minimum absolute atomic E-state index is 0.128. The number of ether oxygens (including phenoxy) is 2. The van der Waals surface area contributed by atoms with Crippen molar-refractivity contribution in [1.29, 1.82) is 0 Å². The zero-order valence-corrected chi connectivity index (χ0v) is 16.2. The second-order valence-corrected chi connectivity index (χ2v) is 6.91. The fraction of sp³-hybridized carbons (Fsp3) is 0.200. The molecule has 9 heteroatoms. The van der Waals surface area contributed by atoms with Crippen molar-refractivity contribution in [1.82, 2.24) is 14.9 Å². The summed E-state index contributed by atoms with van der Waals surface area (Å²) < 4.78 is 14.4. The van der Waals surface area contributed by atoms with Gasteiger partial charge in [-0.25, -0.2) is 0 Å². The number of benzene rings is 2. The van der Waals surface area contributed by atoms with Crippen molar-refractivity contribution in [3.05, 3.63) is 65.2 Å². The molecule has 8 nitrogen and oxygen atoms in total. The molecule has 0 bridgehead atoms. The van der Waals surface area contributed by atoms with Crippen LogP contribution >= 0.6 is 11.5 Å². The van der Waals surface area contributed by atoms with E-state index in [0.29, 0.717) is 30.2 Å². The van der Waals surface area contributed by atoms with Crippen LogP contribution in [0.15, 0.2) is 53.9 Å². The molecule has 1 aliphatic rings. The van der Waals surface area contributed by atoms with Crippen molar-refractivity contribution in [3.63, 3.8) is 0 Å². The lowest BCUT2D eigenvalue weighted by atomic mass is 10.1. The molecule has 2 heterocycles. The molecule has 0 saturated carbocycles. The predicted molar refractivity (Wildman–Crippen MR) is 107 cm³/mol. The summed E-state index contributed by atoms with van der Waals surface area (Å²) in [7, 11) is 0. The Balaban J connectivity index is 1.46. The van der Waals surface area contributed by atoms with Crippen LogP contribution in [0.5, 0.6) is 11.5 Å². The van der Waals surface area contributed by atoms with Gasteiger partial charge in [-0.1, -0.05) is 34.8 Å². The molecule has 0 unspecified atom stereocenters. The molecule has 0 saturated heterocycles. The molecule has 2 amide bonds. The Morgan fingerprint density at radius 1 is 1.10 bits per heavy atom.